The molecule has 0 rings (SSSR count). The molecule has 0 amide bonds. The van der Waals surface area contributed by atoms with Crippen molar-refractivity contribution >= 4 is 39.5 Å². The highest BCUT2D eigenvalue weighted by Gasteiger charge is 2.30. The standard InChI is InChI=1S/C81H158O17P2/c1-9-74(8)60-52-44-36-28-24-25-29-37-45-53-61-78(83)91-67-76(97-81(86)64-56-48-39-31-23-19-18-21-27-34-42-50-58-72(4)5)69-95-99(87,88)93-65-75(82)66-94-100(89,90)96-70-77(68-92-79(84)62-54-46-40-32-35-43-51-59-73(6)7)98-80(85)63-55-47-38-30-22-17-15-13-11-10-12-14-16-20-26-33-41-49-57-71(2)3/h71-77,82H,9-70H2,1-8H3,(H,87,88)(H,89,90)/t74?,75?,76-,77-/m1/s1. The minimum Gasteiger partial charge on any atom is -0.462 e. The minimum atomic E-state index is -4.96. The molecule has 0 aromatic heterocycles. The lowest BCUT2D eigenvalue weighted by Crippen LogP contribution is -2.30. The van der Waals surface area contributed by atoms with Gasteiger partial charge in [-0.25, -0.2) is 9.13 Å². The summed E-state index contributed by atoms with van der Waals surface area (Å²) in [6.07, 6.45) is 56.9. The smallest absolute Gasteiger partial charge is 0.462 e. The monoisotopic (exact) mass is 1470 g/mol. The number of aliphatic hydroxyl groups is 1. The fraction of sp³-hybridized carbons (Fsp3) is 0.951. The number of phosphoric acid groups is 2. The molecule has 0 fully saturated rings. The van der Waals surface area contributed by atoms with Crippen LogP contribution in [0.2, 0.25) is 0 Å². The summed E-state index contributed by atoms with van der Waals surface area (Å²) in [6.45, 7) is 14.3. The summed E-state index contributed by atoms with van der Waals surface area (Å²) in [4.78, 5) is 73.0. The van der Waals surface area contributed by atoms with Crippen LogP contribution < -0.4 is 0 Å². The summed E-state index contributed by atoms with van der Waals surface area (Å²) >= 11 is 0. The lowest BCUT2D eigenvalue weighted by Gasteiger charge is -2.21. The molecule has 100 heavy (non-hydrogen) atoms. The van der Waals surface area contributed by atoms with Crippen LogP contribution in [0.4, 0.5) is 0 Å². The van der Waals surface area contributed by atoms with Crippen molar-refractivity contribution in [3.8, 4) is 0 Å². The molecule has 0 aromatic carbocycles. The second-order valence-electron chi connectivity index (χ2n) is 30.8. The third kappa shape index (κ3) is 73.0. The van der Waals surface area contributed by atoms with Gasteiger partial charge in [0, 0.05) is 25.7 Å². The summed E-state index contributed by atoms with van der Waals surface area (Å²) in [5.74, 6) is 0.996. The average Bonchev–Trinajstić information content (AvgIpc) is 0.920. The number of phosphoric ester groups is 2. The summed E-state index contributed by atoms with van der Waals surface area (Å²) in [6, 6.07) is 0. The molecule has 594 valence electrons. The van der Waals surface area contributed by atoms with Crippen molar-refractivity contribution < 1.29 is 80.2 Å². The number of carbonyl (C=O) groups is 4. The summed E-state index contributed by atoms with van der Waals surface area (Å²) < 4.78 is 68.7. The fourth-order valence-corrected chi connectivity index (χ4v) is 14.0. The Hall–Kier alpha value is -1.94. The van der Waals surface area contributed by atoms with Gasteiger partial charge in [0.15, 0.2) is 12.2 Å². The number of hydrogen-bond donors (Lipinski definition) is 3. The first-order chi connectivity index (χ1) is 48.1. The Labute approximate surface area is 613 Å². The summed E-state index contributed by atoms with van der Waals surface area (Å²) in [5.41, 5.74) is 0. The van der Waals surface area contributed by atoms with E-state index >= 15 is 0 Å². The first-order valence-electron chi connectivity index (χ1n) is 41.7. The number of hydrogen-bond acceptors (Lipinski definition) is 15. The van der Waals surface area contributed by atoms with Crippen LogP contribution in [0.25, 0.3) is 0 Å². The quantitative estimate of drug-likeness (QED) is 0.0222. The van der Waals surface area contributed by atoms with Crippen molar-refractivity contribution in [2.75, 3.05) is 39.6 Å². The number of esters is 4. The van der Waals surface area contributed by atoms with Gasteiger partial charge in [-0.3, -0.25) is 37.3 Å². The highest BCUT2D eigenvalue weighted by atomic mass is 31.2. The van der Waals surface area contributed by atoms with Gasteiger partial charge in [-0.2, -0.15) is 0 Å². The number of carbonyl (C=O) groups excluding carboxylic acids is 4. The molecule has 17 nitrogen and oxygen atoms in total. The molecule has 0 radical (unpaired) electrons. The van der Waals surface area contributed by atoms with E-state index in [0.29, 0.717) is 31.6 Å². The Balaban J connectivity index is 5.21. The Morgan fingerprint density at radius 1 is 0.280 bits per heavy atom. The third-order valence-electron chi connectivity index (χ3n) is 19.2. The average molecular weight is 1470 g/mol. The molecule has 0 saturated heterocycles. The number of ether oxygens (including phenoxy) is 4. The first kappa shape index (κ1) is 98.1. The molecule has 4 unspecified atom stereocenters. The van der Waals surface area contributed by atoms with E-state index in [1.54, 1.807) is 0 Å². The van der Waals surface area contributed by atoms with E-state index in [-0.39, 0.29) is 25.7 Å². The molecule has 0 heterocycles. The first-order valence-corrected chi connectivity index (χ1v) is 44.7. The molecule has 0 aliphatic heterocycles. The van der Waals surface area contributed by atoms with Crippen LogP contribution in [-0.4, -0.2) is 96.7 Å². The Kier molecular flexibility index (Phi) is 68.7. The normalized spacial score (nSPS) is 14.3. The van der Waals surface area contributed by atoms with Crippen molar-refractivity contribution in [3.63, 3.8) is 0 Å². The summed E-state index contributed by atoms with van der Waals surface area (Å²) in [7, 11) is -9.92. The zero-order chi connectivity index (χ0) is 73.8. The molecule has 0 aromatic rings. The molecule has 0 aliphatic carbocycles. The molecule has 6 atom stereocenters. The van der Waals surface area contributed by atoms with Crippen molar-refractivity contribution in [2.24, 2.45) is 23.7 Å². The highest BCUT2D eigenvalue weighted by molar-refractivity contribution is 7.47. The van der Waals surface area contributed by atoms with E-state index in [9.17, 15) is 43.2 Å². The molecule has 0 aliphatic rings. The van der Waals surface area contributed by atoms with Gasteiger partial charge in [-0.15, -0.1) is 0 Å². The second-order valence-corrected chi connectivity index (χ2v) is 33.7. The number of unbranched alkanes of at least 4 members (excludes halogenated alkanes) is 43. The third-order valence-corrected chi connectivity index (χ3v) is 21.1. The largest absolute Gasteiger partial charge is 0.472 e. The summed E-state index contributed by atoms with van der Waals surface area (Å²) in [5, 5.41) is 10.6. The van der Waals surface area contributed by atoms with Gasteiger partial charge in [0.05, 0.1) is 26.4 Å². The van der Waals surface area contributed by atoms with E-state index in [1.807, 2.05) is 0 Å². The van der Waals surface area contributed by atoms with Gasteiger partial charge in [-0.05, 0) is 49.4 Å². The molecule has 0 saturated carbocycles. The van der Waals surface area contributed by atoms with E-state index in [0.717, 1.165) is 114 Å². The van der Waals surface area contributed by atoms with Crippen LogP contribution in [0.1, 0.15) is 415 Å². The Morgan fingerprint density at radius 3 is 0.710 bits per heavy atom. The zero-order valence-corrected chi connectivity index (χ0v) is 67.6. The lowest BCUT2D eigenvalue weighted by molar-refractivity contribution is -0.161. The van der Waals surface area contributed by atoms with E-state index < -0.39 is 97.5 Å². The zero-order valence-electron chi connectivity index (χ0n) is 65.8. The molecule has 19 heteroatoms. The van der Waals surface area contributed by atoms with Crippen LogP contribution >= 0.6 is 15.6 Å². The van der Waals surface area contributed by atoms with Crippen molar-refractivity contribution in [3.05, 3.63) is 0 Å². The van der Waals surface area contributed by atoms with Crippen molar-refractivity contribution in [2.45, 2.75) is 433 Å². The van der Waals surface area contributed by atoms with Crippen LogP contribution in [0.3, 0.4) is 0 Å². The van der Waals surface area contributed by atoms with Gasteiger partial charge in [0.1, 0.15) is 19.3 Å². The van der Waals surface area contributed by atoms with Gasteiger partial charge < -0.3 is 33.8 Å². The van der Waals surface area contributed by atoms with Gasteiger partial charge in [-0.1, -0.05) is 364 Å². The maximum absolute atomic E-state index is 13.1. The predicted octanol–water partition coefficient (Wildman–Crippen LogP) is 24.0. The second kappa shape index (κ2) is 70.1. The topological polar surface area (TPSA) is 237 Å². The van der Waals surface area contributed by atoms with E-state index in [2.05, 4.69) is 55.4 Å². The SMILES string of the molecule is CCC(C)CCCCCCCCCCCCC(=O)OC[C@H](COP(=O)(O)OCC(O)COP(=O)(O)OC[C@@H](COC(=O)CCCCCCCCCC(C)C)OC(=O)CCCCCCCCCCCCCCCCCCCCC(C)C)OC(=O)CCCCCCCCCCCCCCC(C)C. The molecular weight excluding hydrogens is 1310 g/mol. The fourth-order valence-electron chi connectivity index (χ4n) is 12.4. The number of aliphatic hydroxyl groups excluding tert-OH is 1. The van der Waals surface area contributed by atoms with Crippen LogP contribution in [0.15, 0.2) is 0 Å². The highest BCUT2D eigenvalue weighted by Crippen LogP contribution is 2.45. The van der Waals surface area contributed by atoms with Crippen LogP contribution in [0.5, 0.6) is 0 Å². The van der Waals surface area contributed by atoms with Gasteiger partial charge >= 0.3 is 39.5 Å². The van der Waals surface area contributed by atoms with E-state index in [1.165, 1.54) is 212 Å². The minimum absolute atomic E-state index is 0.106. The lowest BCUT2D eigenvalue weighted by atomic mass is 9.99. The maximum Gasteiger partial charge on any atom is 0.472 e. The Bertz CT molecular complexity index is 1960. The van der Waals surface area contributed by atoms with Gasteiger partial charge in [0.25, 0.3) is 0 Å². The molecule has 3 N–H and O–H groups in total. The van der Waals surface area contributed by atoms with Gasteiger partial charge in [0.2, 0.25) is 0 Å². The molecular formula is C81H158O17P2. The Morgan fingerprint density at radius 2 is 0.480 bits per heavy atom. The predicted molar refractivity (Wildman–Crippen MR) is 409 cm³/mol. The maximum atomic E-state index is 13.1. The molecule has 0 spiro atoms. The van der Waals surface area contributed by atoms with E-state index in [4.69, 9.17) is 37.0 Å². The number of rotatable bonds is 78. The molecule has 0 bridgehead atoms. The van der Waals surface area contributed by atoms with Crippen LogP contribution in [-0.2, 0) is 65.4 Å². The van der Waals surface area contributed by atoms with Crippen molar-refractivity contribution in [1.29, 1.82) is 0 Å². The van der Waals surface area contributed by atoms with Crippen molar-refractivity contribution in [1.82, 2.24) is 0 Å². The van der Waals surface area contributed by atoms with Crippen LogP contribution in [0, 0.1) is 23.7 Å².